The van der Waals surface area contributed by atoms with Gasteiger partial charge in [0.15, 0.2) is 0 Å². The van der Waals surface area contributed by atoms with Gasteiger partial charge in [-0.1, -0.05) is 72.8 Å². The third kappa shape index (κ3) is 11.4. The van der Waals surface area contributed by atoms with Gasteiger partial charge in [-0.25, -0.2) is 0 Å². The molecule has 0 saturated carbocycles. The van der Waals surface area contributed by atoms with E-state index in [2.05, 4.69) is 5.32 Å². The van der Waals surface area contributed by atoms with Crippen LogP contribution in [0, 0.1) is 5.92 Å². The fraction of sp³-hybridized carbons (Fsp3) is 0.452. The molecule has 1 aliphatic heterocycles. The molecule has 39 heavy (non-hydrogen) atoms. The van der Waals surface area contributed by atoms with Crippen molar-refractivity contribution in [2.24, 2.45) is 5.92 Å². The molecule has 2 N–H and O–H groups in total. The van der Waals surface area contributed by atoms with Crippen LogP contribution < -0.4 is 5.32 Å². The number of amides is 2. The molecule has 0 aromatic heterocycles. The van der Waals surface area contributed by atoms with E-state index in [9.17, 15) is 19.5 Å². The van der Waals surface area contributed by atoms with Crippen molar-refractivity contribution in [3.05, 3.63) is 83.9 Å². The average molecular weight is 537 g/mol. The molecule has 0 bridgehead atoms. The number of esters is 1. The van der Waals surface area contributed by atoms with Crippen LogP contribution in [-0.4, -0.2) is 60.2 Å². The summed E-state index contributed by atoms with van der Waals surface area (Å²) >= 11 is 0. The molecule has 3 rings (SSSR count). The molecule has 0 spiro atoms. The van der Waals surface area contributed by atoms with Crippen molar-refractivity contribution in [3.63, 3.8) is 0 Å². The second-order valence-electron chi connectivity index (χ2n) is 9.77. The van der Waals surface area contributed by atoms with E-state index in [4.69, 9.17) is 9.47 Å². The second-order valence-corrected chi connectivity index (χ2v) is 9.77. The molecule has 0 saturated heterocycles. The molecule has 2 unspecified atom stereocenters. The van der Waals surface area contributed by atoms with Crippen LogP contribution in [0.4, 0.5) is 0 Å². The number of cyclic esters (lactones) is 1. The summed E-state index contributed by atoms with van der Waals surface area (Å²) in [5.74, 6) is -1.41. The topological polar surface area (TPSA) is 105 Å². The van der Waals surface area contributed by atoms with Crippen LogP contribution in [0.5, 0.6) is 0 Å². The number of nitrogens with zero attached hydrogens (tertiary/aromatic N) is 1. The van der Waals surface area contributed by atoms with Crippen LogP contribution in [0.3, 0.4) is 0 Å². The Labute approximate surface area is 231 Å². The van der Waals surface area contributed by atoms with E-state index in [0.29, 0.717) is 26.0 Å². The summed E-state index contributed by atoms with van der Waals surface area (Å²) in [5.41, 5.74) is 1.95. The molecule has 8 heteroatoms. The molecule has 0 fully saturated rings. The number of hydrogen-bond acceptors (Lipinski definition) is 6. The van der Waals surface area contributed by atoms with Gasteiger partial charge in [-0.15, -0.1) is 0 Å². The predicted molar refractivity (Wildman–Crippen MR) is 148 cm³/mol. The van der Waals surface area contributed by atoms with Crippen molar-refractivity contribution in [2.75, 3.05) is 26.4 Å². The Balaban J connectivity index is 1.69. The summed E-state index contributed by atoms with van der Waals surface area (Å²) in [7, 11) is 0. The number of aliphatic hydroxyl groups is 1. The van der Waals surface area contributed by atoms with Crippen molar-refractivity contribution in [2.45, 2.75) is 57.7 Å². The van der Waals surface area contributed by atoms with Crippen molar-refractivity contribution in [1.29, 1.82) is 0 Å². The molecule has 2 aromatic carbocycles. The maximum Gasteiger partial charge on any atom is 0.305 e. The molecular weight excluding hydrogens is 496 g/mol. The molecule has 2 aromatic rings. The molecule has 210 valence electrons. The van der Waals surface area contributed by atoms with Gasteiger partial charge in [0.2, 0.25) is 11.8 Å². The number of benzene rings is 2. The number of ether oxygens (including phenoxy) is 2. The fourth-order valence-electron chi connectivity index (χ4n) is 4.36. The predicted octanol–water partition coefficient (Wildman–Crippen LogP) is 3.78. The lowest BCUT2D eigenvalue weighted by atomic mass is 9.98. The highest BCUT2D eigenvalue weighted by atomic mass is 16.5. The monoisotopic (exact) mass is 536 g/mol. The molecule has 2 atom stereocenters. The minimum atomic E-state index is -0.610. The highest BCUT2D eigenvalue weighted by molar-refractivity contribution is 5.86. The van der Waals surface area contributed by atoms with Crippen molar-refractivity contribution in [1.82, 2.24) is 10.2 Å². The summed E-state index contributed by atoms with van der Waals surface area (Å²) in [5, 5.41) is 12.5. The first-order valence-corrected chi connectivity index (χ1v) is 13.7. The van der Waals surface area contributed by atoms with Gasteiger partial charge in [0, 0.05) is 25.9 Å². The first-order chi connectivity index (χ1) is 19.0. The average Bonchev–Trinajstić information content (AvgIpc) is 2.95. The Hall–Kier alpha value is -3.49. The van der Waals surface area contributed by atoms with Crippen molar-refractivity contribution >= 4 is 17.8 Å². The lowest BCUT2D eigenvalue weighted by molar-refractivity contribution is -0.146. The lowest BCUT2D eigenvalue weighted by Gasteiger charge is -2.26. The van der Waals surface area contributed by atoms with E-state index in [0.717, 1.165) is 30.4 Å². The SMILES string of the molecule is O=C1CCCCC=CCC(CC(=O)N(CCO)Cc2ccccc2)C(=O)NC(COCc2ccccc2)CO1. The van der Waals surface area contributed by atoms with E-state index >= 15 is 0 Å². The summed E-state index contributed by atoms with van der Waals surface area (Å²) in [6.45, 7) is 0.901. The van der Waals surface area contributed by atoms with Crippen LogP contribution in [0.2, 0.25) is 0 Å². The Morgan fingerprint density at radius 2 is 1.72 bits per heavy atom. The van der Waals surface area contributed by atoms with Gasteiger partial charge in [-0.2, -0.15) is 0 Å². The quantitative estimate of drug-likeness (QED) is 0.354. The maximum atomic E-state index is 13.4. The van der Waals surface area contributed by atoms with Crippen LogP contribution in [-0.2, 0) is 37.0 Å². The first kappa shape index (κ1) is 30.1. The maximum absolute atomic E-state index is 13.4. The molecule has 0 radical (unpaired) electrons. The van der Waals surface area contributed by atoms with Crippen LogP contribution in [0.15, 0.2) is 72.8 Å². The highest BCUT2D eigenvalue weighted by Gasteiger charge is 2.27. The molecular formula is C31H40N2O6. The van der Waals surface area contributed by atoms with Crippen molar-refractivity contribution in [3.8, 4) is 0 Å². The molecule has 1 aliphatic rings. The normalized spacial score (nSPS) is 19.0. The van der Waals surface area contributed by atoms with Gasteiger partial charge in [0.1, 0.15) is 6.61 Å². The Morgan fingerprint density at radius 1 is 1.00 bits per heavy atom. The van der Waals surface area contributed by atoms with Crippen LogP contribution in [0.25, 0.3) is 0 Å². The van der Waals surface area contributed by atoms with E-state index in [1.807, 2.05) is 72.8 Å². The standard InChI is InChI=1S/C31H40N2O6/c34-19-18-33(21-25-12-6-4-7-13-25)29(35)20-27-16-10-2-1-3-11-17-30(36)39-24-28(32-31(27)37)23-38-22-26-14-8-5-9-15-26/h2,4-10,12-15,27-28,34H,1,3,11,16-24H2,(H,32,37). The zero-order valence-corrected chi connectivity index (χ0v) is 22.5. The number of carbonyl (C=O) groups excluding carboxylic acids is 3. The smallest absolute Gasteiger partial charge is 0.305 e. The van der Waals surface area contributed by atoms with E-state index < -0.39 is 12.0 Å². The third-order valence-corrected chi connectivity index (χ3v) is 6.54. The zero-order valence-electron chi connectivity index (χ0n) is 22.5. The third-order valence-electron chi connectivity index (χ3n) is 6.54. The Morgan fingerprint density at radius 3 is 2.44 bits per heavy atom. The van der Waals surface area contributed by atoms with Gasteiger partial charge in [0.25, 0.3) is 0 Å². The van der Waals surface area contributed by atoms with Gasteiger partial charge in [-0.05, 0) is 36.8 Å². The van der Waals surface area contributed by atoms with Gasteiger partial charge in [-0.3, -0.25) is 14.4 Å². The molecule has 8 nitrogen and oxygen atoms in total. The molecule has 1 heterocycles. The minimum absolute atomic E-state index is 0.000384. The Kier molecular flexibility index (Phi) is 13.2. The summed E-state index contributed by atoms with van der Waals surface area (Å²) in [6, 6.07) is 18.7. The van der Waals surface area contributed by atoms with E-state index in [-0.39, 0.29) is 50.6 Å². The van der Waals surface area contributed by atoms with Gasteiger partial charge in [0.05, 0.1) is 31.8 Å². The number of aliphatic hydroxyl groups excluding tert-OH is 1. The van der Waals surface area contributed by atoms with Crippen molar-refractivity contribution < 1.29 is 29.0 Å². The highest BCUT2D eigenvalue weighted by Crippen LogP contribution is 2.16. The largest absolute Gasteiger partial charge is 0.463 e. The summed E-state index contributed by atoms with van der Waals surface area (Å²) in [4.78, 5) is 40.5. The summed E-state index contributed by atoms with van der Waals surface area (Å²) < 4.78 is 11.3. The zero-order chi connectivity index (χ0) is 27.7. The van der Waals surface area contributed by atoms with Crippen LogP contribution >= 0.6 is 0 Å². The number of allylic oxidation sites excluding steroid dienone is 2. The second kappa shape index (κ2) is 17.2. The first-order valence-electron chi connectivity index (χ1n) is 13.7. The lowest BCUT2D eigenvalue weighted by Crippen LogP contribution is -2.46. The minimum Gasteiger partial charge on any atom is -0.463 e. The molecule has 0 aliphatic carbocycles. The fourth-order valence-corrected chi connectivity index (χ4v) is 4.36. The number of hydrogen-bond donors (Lipinski definition) is 2. The molecule has 2 amide bonds. The van der Waals surface area contributed by atoms with Crippen LogP contribution in [0.1, 0.15) is 49.7 Å². The number of nitrogens with one attached hydrogen (secondary N) is 1. The summed E-state index contributed by atoms with van der Waals surface area (Å²) in [6.07, 6.45) is 7.03. The van der Waals surface area contributed by atoms with E-state index in [1.54, 1.807) is 4.90 Å². The number of rotatable bonds is 10. The van der Waals surface area contributed by atoms with Gasteiger partial charge < -0.3 is 24.8 Å². The number of carbonyl (C=O) groups is 3. The Bertz CT molecular complexity index is 1040. The van der Waals surface area contributed by atoms with E-state index in [1.165, 1.54) is 0 Å². The van der Waals surface area contributed by atoms with Gasteiger partial charge >= 0.3 is 5.97 Å².